The van der Waals surface area contributed by atoms with Gasteiger partial charge in [-0.05, 0) is 136 Å². The smallest absolute Gasteiger partial charge is 0.265 e. The van der Waals surface area contributed by atoms with E-state index >= 15 is 0 Å². The average Bonchev–Trinajstić information content (AvgIpc) is 3.27. The highest BCUT2D eigenvalue weighted by molar-refractivity contribution is 6.45. The lowest BCUT2D eigenvalue weighted by atomic mass is 9.82. The van der Waals surface area contributed by atoms with Gasteiger partial charge >= 0.3 is 0 Å². The van der Waals surface area contributed by atoms with E-state index in [2.05, 4.69) is 26.5 Å². The molecule has 0 aromatic heterocycles. The zero-order chi connectivity index (χ0) is 39.1. The van der Waals surface area contributed by atoms with Crippen LogP contribution in [-0.2, 0) is 0 Å². The minimum Gasteiger partial charge on any atom is -0.268 e. The number of imide groups is 2. The van der Waals surface area contributed by atoms with E-state index in [0.717, 1.165) is 50.9 Å². The summed E-state index contributed by atoms with van der Waals surface area (Å²) in [4.78, 5) is 59.3. The Morgan fingerprint density at radius 1 is 0.379 bits per heavy atom. The number of fused-ring (bicyclic) bond motifs is 2. The molecule has 0 saturated heterocycles. The molecule has 0 fully saturated rings. The Morgan fingerprint density at radius 2 is 0.776 bits per heavy atom. The lowest BCUT2D eigenvalue weighted by Gasteiger charge is -2.30. The van der Waals surface area contributed by atoms with Gasteiger partial charge in [0, 0.05) is 33.0 Å². The van der Waals surface area contributed by atoms with Crippen LogP contribution in [0.15, 0.2) is 172 Å². The van der Waals surface area contributed by atoms with Crippen molar-refractivity contribution in [2.24, 2.45) is 20.5 Å². The normalized spacial score (nSPS) is 15.4. The van der Waals surface area contributed by atoms with Crippen LogP contribution in [0.3, 0.4) is 0 Å². The van der Waals surface area contributed by atoms with Gasteiger partial charge in [-0.2, -0.15) is 20.5 Å². The van der Waals surface area contributed by atoms with Crippen LogP contribution in [0, 0.1) is 0 Å². The fraction of sp³-hybridized carbons (Fsp3) is 0.0417. The maximum absolute atomic E-state index is 14.2. The fourth-order valence-electron chi connectivity index (χ4n) is 8.47. The summed E-state index contributed by atoms with van der Waals surface area (Å²) in [6.07, 6.45) is 7.94. The Hall–Kier alpha value is -7.98. The second kappa shape index (κ2) is 12.8. The molecule has 3 aliphatic rings. The van der Waals surface area contributed by atoms with E-state index in [1.165, 1.54) is 9.80 Å². The molecule has 0 saturated carbocycles. The van der Waals surface area contributed by atoms with E-state index < -0.39 is 23.6 Å². The van der Waals surface area contributed by atoms with E-state index in [1.54, 1.807) is 72.8 Å². The molecule has 11 rings (SSSR count). The van der Waals surface area contributed by atoms with Crippen LogP contribution in [-0.4, -0.2) is 23.6 Å². The van der Waals surface area contributed by atoms with E-state index in [9.17, 15) is 19.2 Å². The first-order valence-electron chi connectivity index (χ1n) is 18.9. The molecular weight excluding hydrogens is 725 g/mol. The lowest BCUT2D eigenvalue weighted by molar-refractivity contribution is 0.0877. The average molecular weight is 753 g/mol. The number of anilines is 2. The molecule has 2 heterocycles. The summed E-state index contributed by atoms with van der Waals surface area (Å²) < 4.78 is 0. The third-order valence-electron chi connectivity index (χ3n) is 11.1. The molecule has 0 spiro atoms. The molecule has 0 N–H and O–H groups in total. The van der Waals surface area contributed by atoms with Crippen LogP contribution in [0.4, 0.5) is 28.4 Å². The second-order valence-electron chi connectivity index (χ2n) is 14.4. The van der Waals surface area contributed by atoms with Crippen molar-refractivity contribution in [1.29, 1.82) is 0 Å². The zero-order valence-electron chi connectivity index (χ0n) is 30.6. The van der Waals surface area contributed by atoms with Crippen molar-refractivity contribution in [2.75, 3.05) is 9.80 Å². The monoisotopic (exact) mass is 752 g/mol. The highest BCUT2D eigenvalue weighted by atomic mass is 16.2. The maximum Gasteiger partial charge on any atom is 0.265 e. The van der Waals surface area contributed by atoms with Crippen LogP contribution in [0.2, 0.25) is 0 Å². The quantitative estimate of drug-likeness (QED) is 0.0725. The number of carbonyl (C=O) groups is 4. The maximum atomic E-state index is 14.2. The van der Waals surface area contributed by atoms with Gasteiger partial charge in [0.2, 0.25) is 0 Å². The Kier molecular flexibility index (Phi) is 7.36. The number of hydrogen-bond acceptors (Lipinski definition) is 8. The molecule has 4 amide bonds. The van der Waals surface area contributed by atoms with Gasteiger partial charge in [-0.15, -0.1) is 0 Å². The Balaban J connectivity index is 0.968. The topological polar surface area (TPSA) is 124 Å². The van der Waals surface area contributed by atoms with Crippen molar-refractivity contribution in [3.8, 4) is 0 Å². The third kappa shape index (κ3) is 4.98. The first kappa shape index (κ1) is 33.4. The van der Waals surface area contributed by atoms with E-state index in [0.29, 0.717) is 61.5 Å². The molecule has 8 aromatic carbocycles. The van der Waals surface area contributed by atoms with Crippen molar-refractivity contribution in [2.45, 2.75) is 12.8 Å². The number of nitrogens with zero attached hydrogens (tertiary/aromatic N) is 6. The Morgan fingerprint density at radius 3 is 1.17 bits per heavy atom. The van der Waals surface area contributed by atoms with Gasteiger partial charge in [-0.25, -0.2) is 9.80 Å². The number of benzene rings is 8. The van der Waals surface area contributed by atoms with Gasteiger partial charge in [0.05, 0.1) is 34.1 Å². The molecule has 8 aromatic rings. The van der Waals surface area contributed by atoms with Crippen LogP contribution in [0.5, 0.6) is 0 Å². The molecular formula is C48H28N6O4. The predicted octanol–water partition coefficient (Wildman–Crippen LogP) is 12.1. The SMILES string of the molecule is O=C1c2ccc3c4ccc5c6c(ccc(c7ccc(c2c37)C(=O)N1c1ccc(N=NC2=CCCC=C2)cc1)c64)C(=O)N(c1ccc(N=Nc2ccccc2)cc1)C5=O. The first-order valence-corrected chi connectivity index (χ1v) is 18.9. The van der Waals surface area contributed by atoms with Crippen LogP contribution in [0.25, 0.3) is 43.1 Å². The summed E-state index contributed by atoms with van der Waals surface area (Å²) in [6.45, 7) is 0. The number of amides is 4. The van der Waals surface area contributed by atoms with Gasteiger partial charge < -0.3 is 0 Å². The molecule has 0 bridgehead atoms. The highest BCUT2D eigenvalue weighted by Crippen LogP contribution is 2.47. The summed E-state index contributed by atoms with van der Waals surface area (Å²) in [5.74, 6) is -1.70. The van der Waals surface area contributed by atoms with Crippen molar-refractivity contribution < 1.29 is 19.2 Å². The molecule has 274 valence electrons. The van der Waals surface area contributed by atoms with E-state index in [1.807, 2.05) is 66.7 Å². The fourth-order valence-corrected chi connectivity index (χ4v) is 8.47. The van der Waals surface area contributed by atoms with Crippen molar-refractivity contribution in [3.05, 3.63) is 174 Å². The van der Waals surface area contributed by atoms with Crippen LogP contribution < -0.4 is 9.80 Å². The summed E-state index contributed by atoms with van der Waals surface area (Å²) >= 11 is 0. The van der Waals surface area contributed by atoms with Gasteiger partial charge in [0.25, 0.3) is 23.6 Å². The minimum absolute atomic E-state index is 0.411. The summed E-state index contributed by atoms with van der Waals surface area (Å²) in [5, 5.41) is 23.2. The predicted molar refractivity (Wildman–Crippen MR) is 224 cm³/mol. The second-order valence-corrected chi connectivity index (χ2v) is 14.4. The lowest BCUT2D eigenvalue weighted by Crippen LogP contribution is -2.40. The van der Waals surface area contributed by atoms with E-state index in [-0.39, 0.29) is 0 Å². The summed E-state index contributed by atoms with van der Waals surface area (Å²) in [5.41, 5.74) is 5.20. The van der Waals surface area contributed by atoms with Crippen LogP contribution >= 0.6 is 0 Å². The molecule has 1 aliphatic carbocycles. The van der Waals surface area contributed by atoms with Crippen molar-refractivity contribution >= 4 is 95.2 Å². The summed E-state index contributed by atoms with van der Waals surface area (Å²) in [7, 11) is 0. The van der Waals surface area contributed by atoms with Gasteiger partial charge in [0.15, 0.2) is 0 Å². The van der Waals surface area contributed by atoms with Gasteiger partial charge in [0.1, 0.15) is 0 Å². The third-order valence-corrected chi connectivity index (χ3v) is 11.1. The van der Waals surface area contributed by atoms with Crippen molar-refractivity contribution in [3.63, 3.8) is 0 Å². The molecule has 0 atom stereocenters. The standard InChI is InChI=1S/C48H28N6O4/c55-45-37-23-19-33-35-21-25-39-44-40(48(58)54(47(39)57)32-17-13-30(14-18-32)52-50-28-9-5-2-6-10-28)26-22-36(42(35)44)34-20-24-38(43(37)41(33)34)46(56)53(45)31-15-11-29(12-16-31)51-49-27-7-3-1-4-8-27/h1,3-5,7-26H,2,6H2. The Labute approximate surface area is 330 Å². The molecule has 0 unspecified atom stereocenters. The zero-order valence-corrected chi connectivity index (χ0v) is 30.6. The molecule has 10 heteroatoms. The molecule has 58 heavy (non-hydrogen) atoms. The number of hydrogen-bond donors (Lipinski definition) is 0. The highest BCUT2D eigenvalue weighted by Gasteiger charge is 2.38. The largest absolute Gasteiger partial charge is 0.268 e. The number of allylic oxidation sites excluding steroid dienone is 3. The number of rotatable bonds is 6. The first-order chi connectivity index (χ1) is 28.4. The summed E-state index contributed by atoms with van der Waals surface area (Å²) in [6, 6.07) is 37.7. The Bertz CT molecular complexity index is 3120. The molecule has 10 nitrogen and oxygen atoms in total. The van der Waals surface area contributed by atoms with Gasteiger partial charge in [-0.1, -0.05) is 54.6 Å². The van der Waals surface area contributed by atoms with Crippen molar-refractivity contribution in [1.82, 2.24) is 0 Å². The number of carbonyl (C=O) groups excluding carboxylic acids is 4. The number of azo groups is 2. The molecule has 2 aliphatic heterocycles. The van der Waals surface area contributed by atoms with Gasteiger partial charge in [-0.3, -0.25) is 19.2 Å². The van der Waals surface area contributed by atoms with E-state index in [4.69, 9.17) is 0 Å². The van der Waals surface area contributed by atoms with Crippen LogP contribution in [0.1, 0.15) is 54.3 Å². The molecule has 0 radical (unpaired) electrons. The minimum atomic E-state index is -0.429.